The van der Waals surface area contributed by atoms with Crippen molar-refractivity contribution < 1.29 is 5.11 Å². The van der Waals surface area contributed by atoms with Gasteiger partial charge >= 0.3 is 0 Å². The second-order valence-electron chi connectivity index (χ2n) is 3.14. The number of rotatable bonds is 4. The quantitative estimate of drug-likeness (QED) is 0.481. The van der Waals surface area contributed by atoms with Crippen molar-refractivity contribution in [3.05, 3.63) is 23.8 Å². The van der Waals surface area contributed by atoms with Crippen molar-refractivity contribution in [2.24, 2.45) is 0 Å². The number of aliphatic hydroxyl groups excluding tert-OH is 1. The summed E-state index contributed by atoms with van der Waals surface area (Å²) in [7, 11) is 0. The normalized spacial score (nSPS) is 10.2. The molecule has 0 aliphatic rings. The lowest BCUT2D eigenvalue weighted by molar-refractivity contribution is 0.284. The third kappa shape index (κ3) is 2.95. The van der Waals surface area contributed by atoms with Crippen LogP contribution >= 0.6 is 0 Å². The Balaban J connectivity index is 2.59. The molecule has 0 aromatic heterocycles. The molecule has 0 unspecified atom stereocenters. The van der Waals surface area contributed by atoms with E-state index < -0.39 is 0 Å². The van der Waals surface area contributed by atoms with Crippen LogP contribution in [0.3, 0.4) is 0 Å². The minimum atomic E-state index is 0.238. The molecule has 1 rings (SSSR count). The molecule has 72 valence electrons. The van der Waals surface area contributed by atoms with Crippen LogP contribution in [0.4, 0.5) is 11.4 Å². The number of nitrogen functional groups attached to an aromatic ring is 2. The standard InChI is InChI=1S/C10H16N2O/c11-9-4-5-10(12)8(7-9)3-1-2-6-13/h4-5,7,13H,1-3,6,11-12H2. The highest BCUT2D eigenvalue weighted by Gasteiger charge is 1.99. The van der Waals surface area contributed by atoms with Crippen molar-refractivity contribution in [1.29, 1.82) is 0 Å². The molecule has 1 aromatic carbocycles. The van der Waals surface area contributed by atoms with E-state index in [1.807, 2.05) is 12.1 Å². The Morgan fingerprint density at radius 2 is 1.92 bits per heavy atom. The van der Waals surface area contributed by atoms with E-state index in [4.69, 9.17) is 16.6 Å². The van der Waals surface area contributed by atoms with Gasteiger partial charge in [-0.25, -0.2) is 0 Å². The van der Waals surface area contributed by atoms with E-state index >= 15 is 0 Å². The van der Waals surface area contributed by atoms with Crippen LogP contribution in [0.15, 0.2) is 18.2 Å². The van der Waals surface area contributed by atoms with Crippen molar-refractivity contribution in [3.8, 4) is 0 Å². The van der Waals surface area contributed by atoms with Crippen molar-refractivity contribution in [2.75, 3.05) is 18.1 Å². The lowest BCUT2D eigenvalue weighted by atomic mass is 10.1. The molecule has 0 fully saturated rings. The zero-order chi connectivity index (χ0) is 9.68. The summed E-state index contributed by atoms with van der Waals surface area (Å²) in [6.07, 6.45) is 2.65. The Kier molecular flexibility index (Phi) is 3.58. The average Bonchev–Trinajstić information content (AvgIpc) is 2.11. The highest BCUT2D eigenvalue weighted by atomic mass is 16.2. The summed E-state index contributed by atoms with van der Waals surface area (Å²) in [5, 5.41) is 8.61. The van der Waals surface area contributed by atoms with Gasteiger partial charge in [-0.05, 0) is 43.0 Å². The van der Waals surface area contributed by atoms with Gasteiger partial charge in [0.15, 0.2) is 0 Å². The van der Waals surface area contributed by atoms with Gasteiger partial charge in [-0.2, -0.15) is 0 Å². The number of hydrogen-bond donors (Lipinski definition) is 3. The van der Waals surface area contributed by atoms with Crippen molar-refractivity contribution >= 4 is 11.4 Å². The molecule has 0 saturated heterocycles. The molecule has 0 heterocycles. The van der Waals surface area contributed by atoms with E-state index in [1.54, 1.807) is 6.07 Å². The highest BCUT2D eigenvalue weighted by Crippen LogP contribution is 2.17. The summed E-state index contributed by atoms with van der Waals surface area (Å²) >= 11 is 0. The number of nitrogens with two attached hydrogens (primary N) is 2. The average molecular weight is 180 g/mol. The van der Waals surface area contributed by atoms with Gasteiger partial charge in [0.2, 0.25) is 0 Å². The van der Waals surface area contributed by atoms with Crippen molar-refractivity contribution in [1.82, 2.24) is 0 Å². The van der Waals surface area contributed by atoms with Gasteiger partial charge in [0.1, 0.15) is 0 Å². The van der Waals surface area contributed by atoms with E-state index in [0.717, 1.165) is 36.2 Å². The van der Waals surface area contributed by atoms with Crippen LogP contribution in [0, 0.1) is 0 Å². The first-order valence-corrected chi connectivity index (χ1v) is 4.49. The van der Waals surface area contributed by atoms with Gasteiger partial charge in [0.25, 0.3) is 0 Å². The van der Waals surface area contributed by atoms with Crippen LogP contribution in [0.2, 0.25) is 0 Å². The van der Waals surface area contributed by atoms with Crippen LogP contribution < -0.4 is 11.5 Å². The number of aliphatic hydroxyl groups is 1. The maximum Gasteiger partial charge on any atom is 0.0431 e. The maximum absolute atomic E-state index is 8.61. The first kappa shape index (κ1) is 9.86. The summed E-state index contributed by atoms with van der Waals surface area (Å²) in [6.45, 7) is 0.238. The topological polar surface area (TPSA) is 72.3 Å². The van der Waals surface area contributed by atoms with E-state index in [1.165, 1.54) is 0 Å². The fourth-order valence-corrected chi connectivity index (χ4v) is 1.27. The van der Waals surface area contributed by atoms with Gasteiger partial charge in [0, 0.05) is 18.0 Å². The van der Waals surface area contributed by atoms with E-state index in [2.05, 4.69) is 0 Å². The van der Waals surface area contributed by atoms with E-state index in [-0.39, 0.29) is 6.61 Å². The second kappa shape index (κ2) is 4.72. The zero-order valence-corrected chi connectivity index (χ0v) is 7.66. The minimum absolute atomic E-state index is 0.238. The molecular formula is C10H16N2O. The van der Waals surface area contributed by atoms with Crippen LogP contribution in [0.5, 0.6) is 0 Å². The number of hydrogen-bond acceptors (Lipinski definition) is 3. The molecule has 0 saturated carbocycles. The molecular weight excluding hydrogens is 164 g/mol. The van der Waals surface area contributed by atoms with Crippen LogP contribution in [-0.4, -0.2) is 11.7 Å². The summed E-state index contributed by atoms with van der Waals surface area (Å²) in [6, 6.07) is 5.52. The van der Waals surface area contributed by atoms with Crippen molar-refractivity contribution in [3.63, 3.8) is 0 Å². The Morgan fingerprint density at radius 1 is 1.15 bits per heavy atom. The predicted molar refractivity (Wildman–Crippen MR) is 55.3 cm³/mol. The Hall–Kier alpha value is -1.22. The zero-order valence-electron chi connectivity index (χ0n) is 7.66. The van der Waals surface area contributed by atoms with Crippen LogP contribution in [0.1, 0.15) is 18.4 Å². The molecule has 5 N–H and O–H groups in total. The van der Waals surface area contributed by atoms with Gasteiger partial charge in [0.05, 0.1) is 0 Å². The Bertz CT molecular complexity index is 274. The molecule has 1 aromatic rings. The molecule has 3 heteroatoms. The maximum atomic E-state index is 8.61. The van der Waals surface area contributed by atoms with Gasteiger partial charge in [-0.1, -0.05) is 0 Å². The van der Waals surface area contributed by atoms with E-state index in [9.17, 15) is 0 Å². The van der Waals surface area contributed by atoms with Gasteiger partial charge in [-0.15, -0.1) is 0 Å². The summed E-state index contributed by atoms with van der Waals surface area (Å²) in [4.78, 5) is 0. The fraction of sp³-hybridized carbons (Fsp3) is 0.400. The summed E-state index contributed by atoms with van der Waals surface area (Å²) in [5.41, 5.74) is 14.0. The largest absolute Gasteiger partial charge is 0.399 e. The molecule has 0 radical (unpaired) electrons. The molecule has 0 atom stereocenters. The van der Waals surface area contributed by atoms with Crippen molar-refractivity contribution in [2.45, 2.75) is 19.3 Å². The minimum Gasteiger partial charge on any atom is -0.399 e. The first-order valence-electron chi connectivity index (χ1n) is 4.49. The molecule has 0 amide bonds. The molecule has 3 nitrogen and oxygen atoms in total. The number of benzene rings is 1. The van der Waals surface area contributed by atoms with E-state index in [0.29, 0.717) is 0 Å². The number of anilines is 2. The lowest BCUT2D eigenvalue weighted by Gasteiger charge is -2.05. The Labute approximate surface area is 78.4 Å². The van der Waals surface area contributed by atoms with Crippen LogP contribution in [0.25, 0.3) is 0 Å². The molecule has 13 heavy (non-hydrogen) atoms. The molecule has 0 aliphatic heterocycles. The number of aryl methyl sites for hydroxylation is 1. The van der Waals surface area contributed by atoms with Gasteiger partial charge in [-0.3, -0.25) is 0 Å². The Morgan fingerprint density at radius 3 is 2.62 bits per heavy atom. The molecule has 0 aliphatic carbocycles. The highest BCUT2D eigenvalue weighted by molar-refractivity contribution is 5.55. The summed E-state index contributed by atoms with van der Waals surface area (Å²) < 4.78 is 0. The summed E-state index contributed by atoms with van der Waals surface area (Å²) in [5.74, 6) is 0. The smallest absolute Gasteiger partial charge is 0.0431 e. The fourth-order valence-electron chi connectivity index (χ4n) is 1.27. The lowest BCUT2D eigenvalue weighted by Crippen LogP contribution is -1.97. The molecule has 0 bridgehead atoms. The monoisotopic (exact) mass is 180 g/mol. The number of unbranched alkanes of at least 4 members (excludes halogenated alkanes) is 1. The third-order valence-corrected chi connectivity index (χ3v) is 2.02. The van der Waals surface area contributed by atoms with Crippen LogP contribution in [-0.2, 0) is 6.42 Å². The third-order valence-electron chi connectivity index (χ3n) is 2.02. The molecule has 0 spiro atoms. The predicted octanol–water partition coefficient (Wildman–Crippen LogP) is 1.17. The van der Waals surface area contributed by atoms with Gasteiger partial charge < -0.3 is 16.6 Å². The second-order valence-corrected chi connectivity index (χ2v) is 3.14. The first-order chi connectivity index (χ1) is 6.24. The SMILES string of the molecule is Nc1ccc(N)c(CCCCO)c1.